The van der Waals surface area contributed by atoms with Crippen LogP contribution in [0, 0.1) is 0 Å². The number of ether oxygens (including phenoxy) is 1. The molecule has 3 rings (SSSR count). The molecule has 0 saturated carbocycles. The summed E-state index contributed by atoms with van der Waals surface area (Å²) in [6.45, 7) is 4.57. The van der Waals surface area contributed by atoms with Gasteiger partial charge in [-0.15, -0.1) is 0 Å². The molecule has 134 valence electrons. The number of amides is 1. The van der Waals surface area contributed by atoms with Gasteiger partial charge in [0.15, 0.2) is 5.82 Å². The second-order valence-corrected chi connectivity index (χ2v) is 5.82. The lowest BCUT2D eigenvalue weighted by atomic mass is 10.0. The first-order valence-corrected chi connectivity index (χ1v) is 8.71. The Kier molecular flexibility index (Phi) is 5.63. The number of carbonyl (C=O) groups is 1. The molecule has 1 amide bonds. The lowest BCUT2D eigenvalue weighted by molar-refractivity contribution is 0.0935. The van der Waals surface area contributed by atoms with Crippen LogP contribution in [0.4, 0.5) is 0 Å². The largest absolute Gasteiger partial charge is 0.494 e. The first kappa shape index (κ1) is 17.7. The van der Waals surface area contributed by atoms with Crippen LogP contribution < -0.4 is 10.1 Å². The van der Waals surface area contributed by atoms with E-state index >= 15 is 0 Å². The highest BCUT2D eigenvalue weighted by Gasteiger charge is 2.18. The molecule has 6 heteroatoms. The molecular weight excluding hydrogens is 328 g/mol. The van der Waals surface area contributed by atoms with Crippen LogP contribution >= 0.6 is 0 Å². The second-order valence-electron chi connectivity index (χ2n) is 5.82. The highest BCUT2D eigenvalue weighted by atomic mass is 16.5. The number of nitrogens with zero attached hydrogens (tertiary/aromatic N) is 2. The van der Waals surface area contributed by atoms with E-state index in [1.54, 1.807) is 12.1 Å². The summed E-state index contributed by atoms with van der Waals surface area (Å²) in [5.41, 5.74) is 2.38. The van der Waals surface area contributed by atoms with Crippen LogP contribution in [0.3, 0.4) is 0 Å². The third-order valence-electron chi connectivity index (χ3n) is 4.12. The van der Waals surface area contributed by atoms with E-state index in [4.69, 9.17) is 4.74 Å². The number of hydrogen-bond acceptors (Lipinski definition) is 4. The van der Waals surface area contributed by atoms with Crippen molar-refractivity contribution < 1.29 is 9.53 Å². The number of aromatic nitrogens is 3. The molecule has 3 aromatic rings. The summed E-state index contributed by atoms with van der Waals surface area (Å²) in [5.74, 6) is 1.30. The lowest BCUT2D eigenvalue weighted by Gasteiger charge is -2.20. The minimum absolute atomic E-state index is 0.126. The van der Waals surface area contributed by atoms with Crippen molar-refractivity contribution in [2.45, 2.75) is 26.3 Å². The minimum Gasteiger partial charge on any atom is -0.494 e. The molecular formula is C20H22N4O2. The number of rotatable bonds is 7. The molecule has 2 aromatic carbocycles. The summed E-state index contributed by atoms with van der Waals surface area (Å²) in [6.07, 6.45) is 2.21. The standard InChI is InChI=1S/C20H22N4O2/c1-3-17(16-10-5-6-11-18(16)26-4-2)23-20(25)15-9-7-8-14(12-15)19-21-13-22-24-19/h5-13,17H,3-4H2,1-2H3,(H,23,25)(H,21,22,24). The molecule has 1 aromatic heterocycles. The van der Waals surface area contributed by atoms with Gasteiger partial charge in [-0.3, -0.25) is 9.89 Å². The molecule has 1 atom stereocenters. The number of carbonyl (C=O) groups excluding carboxylic acids is 1. The first-order valence-electron chi connectivity index (χ1n) is 8.71. The monoisotopic (exact) mass is 350 g/mol. The molecule has 1 unspecified atom stereocenters. The summed E-state index contributed by atoms with van der Waals surface area (Å²) in [7, 11) is 0. The van der Waals surface area contributed by atoms with Crippen molar-refractivity contribution in [2.24, 2.45) is 0 Å². The smallest absolute Gasteiger partial charge is 0.251 e. The number of nitrogens with one attached hydrogen (secondary N) is 2. The van der Waals surface area contributed by atoms with Gasteiger partial charge in [0.25, 0.3) is 5.91 Å². The molecule has 0 fully saturated rings. The van der Waals surface area contributed by atoms with E-state index in [-0.39, 0.29) is 11.9 Å². The van der Waals surface area contributed by atoms with Crippen molar-refractivity contribution in [1.82, 2.24) is 20.5 Å². The Hall–Kier alpha value is -3.15. The molecule has 0 aliphatic heterocycles. The van der Waals surface area contributed by atoms with Crippen LogP contribution in [-0.2, 0) is 0 Å². The Bertz CT molecular complexity index is 862. The van der Waals surface area contributed by atoms with Crippen molar-refractivity contribution in [3.8, 4) is 17.1 Å². The number of H-pyrrole nitrogens is 1. The topological polar surface area (TPSA) is 79.9 Å². The van der Waals surface area contributed by atoms with Gasteiger partial charge in [0.05, 0.1) is 12.6 Å². The van der Waals surface area contributed by atoms with Gasteiger partial charge in [-0.2, -0.15) is 5.10 Å². The Morgan fingerprint density at radius 2 is 2.04 bits per heavy atom. The third kappa shape index (κ3) is 3.91. The number of aromatic amines is 1. The molecule has 0 aliphatic carbocycles. The Morgan fingerprint density at radius 1 is 1.19 bits per heavy atom. The summed E-state index contributed by atoms with van der Waals surface area (Å²) in [4.78, 5) is 16.9. The molecule has 1 heterocycles. The minimum atomic E-state index is -0.135. The van der Waals surface area contributed by atoms with E-state index in [0.29, 0.717) is 18.0 Å². The average Bonchev–Trinajstić information content (AvgIpc) is 3.22. The maximum atomic E-state index is 12.8. The first-order chi connectivity index (χ1) is 12.7. The molecule has 0 aliphatic rings. The van der Waals surface area contributed by atoms with Gasteiger partial charge in [0, 0.05) is 16.7 Å². The Balaban J connectivity index is 1.81. The summed E-state index contributed by atoms with van der Waals surface area (Å²) in [6, 6.07) is 15.0. The van der Waals surface area contributed by atoms with Crippen molar-refractivity contribution in [1.29, 1.82) is 0 Å². The van der Waals surface area contributed by atoms with E-state index < -0.39 is 0 Å². The molecule has 0 bridgehead atoms. The number of hydrogen-bond donors (Lipinski definition) is 2. The number of benzene rings is 2. The zero-order chi connectivity index (χ0) is 18.4. The van der Waals surface area contributed by atoms with Crippen molar-refractivity contribution >= 4 is 5.91 Å². The average molecular weight is 350 g/mol. The van der Waals surface area contributed by atoms with Crippen molar-refractivity contribution in [3.63, 3.8) is 0 Å². The fourth-order valence-corrected chi connectivity index (χ4v) is 2.85. The van der Waals surface area contributed by atoms with Gasteiger partial charge in [-0.1, -0.05) is 37.3 Å². The fraction of sp³-hybridized carbons (Fsp3) is 0.250. The SMILES string of the molecule is CCOc1ccccc1C(CC)NC(=O)c1cccc(-c2ncn[nH]2)c1. The van der Waals surface area contributed by atoms with E-state index in [0.717, 1.165) is 23.3 Å². The van der Waals surface area contributed by atoms with Gasteiger partial charge in [0.2, 0.25) is 0 Å². The van der Waals surface area contributed by atoms with E-state index in [2.05, 4.69) is 20.5 Å². The van der Waals surface area contributed by atoms with Gasteiger partial charge >= 0.3 is 0 Å². The summed E-state index contributed by atoms with van der Waals surface area (Å²) < 4.78 is 5.70. The summed E-state index contributed by atoms with van der Waals surface area (Å²) >= 11 is 0. The Morgan fingerprint density at radius 3 is 2.77 bits per heavy atom. The highest BCUT2D eigenvalue weighted by molar-refractivity contribution is 5.95. The second kappa shape index (κ2) is 8.29. The maximum Gasteiger partial charge on any atom is 0.251 e. The van der Waals surface area contributed by atoms with Crippen molar-refractivity contribution in [3.05, 3.63) is 66.0 Å². The molecule has 6 nitrogen and oxygen atoms in total. The van der Waals surface area contributed by atoms with Crippen LogP contribution in [0.25, 0.3) is 11.4 Å². The third-order valence-corrected chi connectivity index (χ3v) is 4.12. The van der Waals surface area contributed by atoms with Crippen LogP contribution in [0.5, 0.6) is 5.75 Å². The van der Waals surface area contributed by atoms with Crippen LogP contribution in [0.1, 0.15) is 42.2 Å². The van der Waals surface area contributed by atoms with E-state index in [1.165, 1.54) is 6.33 Å². The maximum absolute atomic E-state index is 12.8. The van der Waals surface area contributed by atoms with Crippen molar-refractivity contribution in [2.75, 3.05) is 6.61 Å². The van der Waals surface area contributed by atoms with Crippen LogP contribution in [0.2, 0.25) is 0 Å². The lowest BCUT2D eigenvalue weighted by Crippen LogP contribution is -2.28. The molecule has 26 heavy (non-hydrogen) atoms. The van der Waals surface area contributed by atoms with E-state index in [1.807, 2.05) is 50.2 Å². The summed E-state index contributed by atoms with van der Waals surface area (Å²) in [5, 5.41) is 9.77. The van der Waals surface area contributed by atoms with Gasteiger partial charge in [-0.25, -0.2) is 4.98 Å². The molecule has 0 radical (unpaired) electrons. The normalized spacial score (nSPS) is 11.8. The van der Waals surface area contributed by atoms with E-state index in [9.17, 15) is 4.79 Å². The zero-order valence-corrected chi connectivity index (χ0v) is 14.9. The van der Waals surface area contributed by atoms with Gasteiger partial charge in [0.1, 0.15) is 12.1 Å². The predicted octanol–water partition coefficient (Wildman–Crippen LogP) is 3.75. The quantitative estimate of drug-likeness (QED) is 0.680. The molecule has 2 N–H and O–H groups in total. The highest BCUT2D eigenvalue weighted by Crippen LogP contribution is 2.27. The van der Waals surface area contributed by atoms with Crippen LogP contribution in [0.15, 0.2) is 54.9 Å². The van der Waals surface area contributed by atoms with Gasteiger partial charge < -0.3 is 10.1 Å². The number of para-hydroxylation sites is 1. The molecule has 0 saturated heterocycles. The zero-order valence-electron chi connectivity index (χ0n) is 14.9. The Labute approximate surface area is 152 Å². The fourth-order valence-electron chi connectivity index (χ4n) is 2.85. The van der Waals surface area contributed by atoms with Gasteiger partial charge in [-0.05, 0) is 31.5 Å². The molecule has 0 spiro atoms. The van der Waals surface area contributed by atoms with Crippen LogP contribution in [-0.4, -0.2) is 27.7 Å². The predicted molar refractivity (Wildman–Crippen MR) is 99.9 cm³/mol.